The number of carbonyl (C=O) groups excluding carboxylic acids is 1. The van der Waals surface area contributed by atoms with Crippen molar-refractivity contribution >= 4 is 11.6 Å². The average molecular weight is 365 g/mol. The molecule has 0 radical (unpaired) electrons. The fourth-order valence-corrected chi connectivity index (χ4v) is 2.65. The first-order valence-electron chi connectivity index (χ1n) is 9.56. The van der Waals surface area contributed by atoms with Crippen LogP contribution in [0.15, 0.2) is 24.3 Å². The Morgan fingerprint density at radius 2 is 1.77 bits per heavy atom. The molecule has 1 aromatic carbocycles. The highest BCUT2D eigenvalue weighted by Crippen LogP contribution is 2.23. The van der Waals surface area contributed by atoms with E-state index >= 15 is 0 Å². The molecule has 0 unspecified atom stereocenters. The van der Waals surface area contributed by atoms with Crippen LogP contribution in [0, 0.1) is 0 Å². The monoisotopic (exact) mass is 364 g/mol. The number of hydrogen-bond acceptors (Lipinski definition) is 4. The Kier molecular flexibility index (Phi) is 10.5. The van der Waals surface area contributed by atoms with Gasteiger partial charge in [0, 0.05) is 32.6 Å². The molecule has 0 aromatic heterocycles. The summed E-state index contributed by atoms with van der Waals surface area (Å²) in [6.07, 6.45) is 2.01. The molecule has 0 aliphatic carbocycles. The molecule has 0 fully saturated rings. The summed E-state index contributed by atoms with van der Waals surface area (Å²) in [5.74, 6) is 0.0109. The molecule has 0 bridgehead atoms. The molecule has 0 saturated carbocycles. The van der Waals surface area contributed by atoms with Gasteiger partial charge in [-0.2, -0.15) is 0 Å². The van der Waals surface area contributed by atoms with Crippen molar-refractivity contribution < 1.29 is 14.3 Å². The normalized spacial score (nSPS) is 11.8. The van der Waals surface area contributed by atoms with Gasteiger partial charge >= 0.3 is 0 Å². The van der Waals surface area contributed by atoms with Gasteiger partial charge in [-0.05, 0) is 49.4 Å². The fourth-order valence-electron chi connectivity index (χ4n) is 2.65. The fraction of sp³-hybridized carbons (Fsp3) is 0.667. The van der Waals surface area contributed by atoms with Gasteiger partial charge < -0.3 is 14.8 Å². The number of anilines is 1. The van der Waals surface area contributed by atoms with E-state index in [9.17, 15) is 4.79 Å². The smallest absolute Gasteiger partial charge is 0.238 e. The Labute approximate surface area is 159 Å². The van der Waals surface area contributed by atoms with Crippen LogP contribution in [0.4, 0.5) is 5.69 Å². The zero-order valence-corrected chi connectivity index (χ0v) is 17.1. The number of benzene rings is 1. The Hall–Kier alpha value is -1.43. The number of methoxy groups -OCH3 is 1. The van der Waals surface area contributed by atoms with Crippen molar-refractivity contribution in [3.05, 3.63) is 29.8 Å². The van der Waals surface area contributed by atoms with E-state index in [-0.39, 0.29) is 11.3 Å². The van der Waals surface area contributed by atoms with E-state index in [1.807, 2.05) is 19.1 Å². The van der Waals surface area contributed by atoms with Crippen LogP contribution >= 0.6 is 0 Å². The first-order valence-corrected chi connectivity index (χ1v) is 9.56. The van der Waals surface area contributed by atoms with Crippen molar-refractivity contribution in [1.82, 2.24) is 4.90 Å². The topological polar surface area (TPSA) is 50.8 Å². The summed E-state index contributed by atoms with van der Waals surface area (Å²) in [5, 5.41) is 3.00. The number of amides is 1. The molecule has 5 heteroatoms. The summed E-state index contributed by atoms with van der Waals surface area (Å²) in [4.78, 5) is 14.6. The number of nitrogens with zero attached hydrogens (tertiary/aromatic N) is 1. The van der Waals surface area contributed by atoms with E-state index in [0.29, 0.717) is 19.8 Å². The van der Waals surface area contributed by atoms with E-state index in [4.69, 9.17) is 9.47 Å². The van der Waals surface area contributed by atoms with Crippen molar-refractivity contribution in [3.8, 4) is 0 Å². The Balaban J connectivity index is 2.52. The molecule has 0 aliphatic heterocycles. The van der Waals surface area contributed by atoms with Gasteiger partial charge in [0.1, 0.15) is 0 Å². The second-order valence-corrected chi connectivity index (χ2v) is 7.55. The number of hydrogen-bond donors (Lipinski definition) is 1. The van der Waals surface area contributed by atoms with Crippen LogP contribution in [-0.2, 0) is 19.7 Å². The molecule has 5 nitrogen and oxygen atoms in total. The van der Waals surface area contributed by atoms with Crippen LogP contribution in [0.1, 0.15) is 46.1 Å². The first-order chi connectivity index (χ1) is 12.4. The second kappa shape index (κ2) is 12.0. The molecule has 0 heterocycles. The molecule has 26 heavy (non-hydrogen) atoms. The number of ether oxygens (including phenoxy) is 2. The number of carbonyl (C=O) groups is 1. The summed E-state index contributed by atoms with van der Waals surface area (Å²) in [5.41, 5.74) is 2.21. The van der Waals surface area contributed by atoms with Crippen LogP contribution in [0.3, 0.4) is 0 Å². The minimum absolute atomic E-state index is 0.0109. The van der Waals surface area contributed by atoms with Gasteiger partial charge in [-0.25, -0.2) is 0 Å². The van der Waals surface area contributed by atoms with Gasteiger partial charge in [0.25, 0.3) is 0 Å². The van der Waals surface area contributed by atoms with Gasteiger partial charge in [0.2, 0.25) is 5.91 Å². The lowest BCUT2D eigenvalue weighted by molar-refractivity contribution is -0.117. The maximum absolute atomic E-state index is 12.4. The highest BCUT2D eigenvalue weighted by Gasteiger charge is 2.14. The summed E-state index contributed by atoms with van der Waals surface area (Å²) in [6.45, 7) is 12.6. The predicted octanol–water partition coefficient (Wildman–Crippen LogP) is 3.69. The van der Waals surface area contributed by atoms with Crippen LogP contribution in [0.5, 0.6) is 0 Å². The maximum atomic E-state index is 12.4. The van der Waals surface area contributed by atoms with Crippen LogP contribution in [-0.4, -0.2) is 57.4 Å². The maximum Gasteiger partial charge on any atom is 0.238 e. The minimum Gasteiger partial charge on any atom is -0.385 e. The van der Waals surface area contributed by atoms with E-state index in [1.165, 1.54) is 5.56 Å². The average Bonchev–Trinajstić information content (AvgIpc) is 2.58. The lowest BCUT2D eigenvalue weighted by atomic mass is 9.87. The largest absolute Gasteiger partial charge is 0.385 e. The molecule has 1 N–H and O–H groups in total. The molecular weight excluding hydrogens is 328 g/mol. The standard InChI is InChI=1S/C21H36N2O3/c1-6-26-16-14-23(13-7-8-15-25-5)17-20(24)22-19-11-9-18(10-12-19)21(2,3)4/h9-12H,6-8,13-17H2,1-5H3,(H,22,24). The highest BCUT2D eigenvalue weighted by atomic mass is 16.5. The summed E-state index contributed by atoms with van der Waals surface area (Å²) in [7, 11) is 1.71. The van der Waals surface area contributed by atoms with E-state index < -0.39 is 0 Å². The van der Waals surface area contributed by atoms with Crippen molar-refractivity contribution in [2.24, 2.45) is 0 Å². The third kappa shape index (κ3) is 9.32. The van der Waals surface area contributed by atoms with Crippen LogP contribution in [0.2, 0.25) is 0 Å². The lowest BCUT2D eigenvalue weighted by Gasteiger charge is -2.22. The molecule has 0 atom stereocenters. The molecular formula is C21H36N2O3. The summed E-state index contributed by atoms with van der Waals surface area (Å²) >= 11 is 0. The summed E-state index contributed by atoms with van der Waals surface area (Å²) < 4.78 is 10.5. The van der Waals surface area contributed by atoms with Gasteiger partial charge in [-0.15, -0.1) is 0 Å². The molecule has 148 valence electrons. The zero-order valence-electron chi connectivity index (χ0n) is 17.1. The summed E-state index contributed by atoms with van der Waals surface area (Å²) in [6, 6.07) is 8.10. The Morgan fingerprint density at radius 1 is 1.08 bits per heavy atom. The Morgan fingerprint density at radius 3 is 2.35 bits per heavy atom. The van der Waals surface area contributed by atoms with Crippen LogP contribution in [0.25, 0.3) is 0 Å². The number of rotatable bonds is 12. The van der Waals surface area contributed by atoms with E-state index in [2.05, 4.69) is 43.1 Å². The van der Waals surface area contributed by atoms with Gasteiger partial charge in [-0.1, -0.05) is 32.9 Å². The zero-order chi connectivity index (χ0) is 19.4. The number of unbranched alkanes of at least 4 members (excludes halogenated alkanes) is 1. The first kappa shape index (κ1) is 22.6. The van der Waals surface area contributed by atoms with Crippen molar-refractivity contribution in [1.29, 1.82) is 0 Å². The van der Waals surface area contributed by atoms with Gasteiger partial charge in [0.05, 0.1) is 13.2 Å². The predicted molar refractivity (Wildman–Crippen MR) is 108 cm³/mol. The van der Waals surface area contributed by atoms with Crippen LogP contribution < -0.4 is 5.32 Å². The minimum atomic E-state index is 0.0109. The third-order valence-corrected chi connectivity index (χ3v) is 4.23. The van der Waals surface area contributed by atoms with Gasteiger partial charge in [-0.3, -0.25) is 9.69 Å². The van der Waals surface area contributed by atoms with E-state index in [1.54, 1.807) is 7.11 Å². The highest BCUT2D eigenvalue weighted by molar-refractivity contribution is 5.92. The molecule has 0 spiro atoms. The molecule has 0 saturated heterocycles. The molecule has 1 amide bonds. The SMILES string of the molecule is CCOCCN(CCCCOC)CC(=O)Nc1ccc(C(C)(C)C)cc1. The molecule has 0 aliphatic rings. The second-order valence-electron chi connectivity index (χ2n) is 7.55. The van der Waals surface area contributed by atoms with Crippen molar-refractivity contribution in [2.45, 2.75) is 46.0 Å². The number of nitrogens with one attached hydrogen (secondary N) is 1. The molecule has 1 rings (SSSR count). The van der Waals surface area contributed by atoms with Gasteiger partial charge in [0.15, 0.2) is 0 Å². The third-order valence-electron chi connectivity index (χ3n) is 4.23. The quantitative estimate of drug-likeness (QED) is 0.575. The molecule has 1 aromatic rings. The van der Waals surface area contributed by atoms with E-state index in [0.717, 1.165) is 38.2 Å². The van der Waals surface area contributed by atoms with Crippen molar-refractivity contribution in [2.75, 3.05) is 51.9 Å². The van der Waals surface area contributed by atoms with Crippen molar-refractivity contribution in [3.63, 3.8) is 0 Å². The Bertz CT molecular complexity index is 509. The lowest BCUT2D eigenvalue weighted by Crippen LogP contribution is -2.36.